The average Bonchev–Trinajstić information content (AvgIpc) is 2.81. The fourth-order valence-electron chi connectivity index (χ4n) is 2.08. The van der Waals surface area contributed by atoms with E-state index in [-0.39, 0.29) is 11.8 Å². The van der Waals surface area contributed by atoms with E-state index in [0.29, 0.717) is 23.9 Å². The van der Waals surface area contributed by atoms with Gasteiger partial charge in [0.2, 0.25) is 5.91 Å². The van der Waals surface area contributed by atoms with Gasteiger partial charge in [-0.3, -0.25) is 9.36 Å². The van der Waals surface area contributed by atoms with Crippen molar-refractivity contribution in [2.45, 2.75) is 32.7 Å². The molecule has 21 heavy (non-hydrogen) atoms. The second-order valence-corrected chi connectivity index (χ2v) is 6.53. The molecule has 0 spiro atoms. The fraction of sp³-hybridized carbons (Fsp3) is 0.500. The molecule has 2 aromatic heterocycles. The highest BCUT2D eigenvalue weighted by Gasteiger charge is 2.22. The summed E-state index contributed by atoms with van der Waals surface area (Å²) in [6, 6.07) is 1.46. The van der Waals surface area contributed by atoms with Crippen molar-refractivity contribution in [1.82, 2.24) is 19.9 Å². The van der Waals surface area contributed by atoms with Crippen LogP contribution in [0.25, 0.3) is 11.2 Å². The van der Waals surface area contributed by atoms with E-state index in [1.165, 1.54) is 0 Å². The minimum absolute atomic E-state index is 0.0564. The predicted molar refractivity (Wildman–Crippen MR) is 87.3 cm³/mol. The predicted octanol–water partition coefficient (Wildman–Crippen LogP) is 3.27. The summed E-state index contributed by atoms with van der Waals surface area (Å²) in [6.07, 6.45) is 1.69. The van der Waals surface area contributed by atoms with Gasteiger partial charge in [0.15, 0.2) is 5.65 Å². The zero-order valence-electron chi connectivity index (χ0n) is 12.2. The maximum Gasteiger partial charge on any atom is 0.242 e. The van der Waals surface area contributed by atoms with Crippen molar-refractivity contribution in [1.29, 1.82) is 0 Å². The molecule has 1 atom stereocenters. The first-order chi connectivity index (χ1) is 9.93. The van der Waals surface area contributed by atoms with Gasteiger partial charge in [-0.1, -0.05) is 13.8 Å². The smallest absolute Gasteiger partial charge is 0.242 e. The maximum atomic E-state index is 12.3. The Morgan fingerprint density at radius 2 is 2.19 bits per heavy atom. The topological polar surface area (TPSA) is 59.8 Å². The molecule has 0 radical (unpaired) electrons. The number of hydrogen-bond donors (Lipinski definition) is 1. The number of imidazole rings is 1. The van der Waals surface area contributed by atoms with Crippen LogP contribution in [0.15, 0.2) is 16.7 Å². The first kappa shape index (κ1) is 16.2. The van der Waals surface area contributed by atoms with Gasteiger partial charge in [0, 0.05) is 17.2 Å². The molecule has 2 heterocycles. The van der Waals surface area contributed by atoms with Crippen molar-refractivity contribution in [2.75, 3.05) is 6.54 Å². The van der Waals surface area contributed by atoms with Gasteiger partial charge in [-0.05, 0) is 34.8 Å². The number of hydrogen-bond acceptors (Lipinski definition) is 3. The van der Waals surface area contributed by atoms with E-state index in [1.54, 1.807) is 10.8 Å². The average molecular weight is 374 g/mol. The summed E-state index contributed by atoms with van der Waals surface area (Å²) in [6.45, 7) is 6.59. The molecule has 0 aromatic carbocycles. The molecule has 1 unspecified atom stereocenters. The summed E-state index contributed by atoms with van der Waals surface area (Å²) in [7, 11) is 0. The summed E-state index contributed by atoms with van der Waals surface area (Å²) in [5.41, 5.74) is 1.39. The lowest BCUT2D eigenvalue weighted by molar-refractivity contribution is -0.124. The highest BCUT2D eigenvalue weighted by molar-refractivity contribution is 9.10. The fourth-order valence-corrected chi connectivity index (χ4v) is 2.58. The van der Waals surface area contributed by atoms with Gasteiger partial charge in [0.25, 0.3) is 0 Å². The van der Waals surface area contributed by atoms with E-state index < -0.39 is 6.04 Å². The zero-order chi connectivity index (χ0) is 15.6. The van der Waals surface area contributed by atoms with Crippen LogP contribution < -0.4 is 5.32 Å². The number of fused-ring (bicyclic) bond motifs is 1. The molecule has 1 amide bonds. The van der Waals surface area contributed by atoms with E-state index in [1.807, 2.05) is 13.0 Å². The lowest BCUT2D eigenvalue weighted by Crippen LogP contribution is -2.34. The van der Waals surface area contributed by atoms with E-state index in [0.717, 1.165) is 9.99 Å². The molecule has 2 aromatic rings. The molecule has 7 heteroatoms. The molecular formula is C14H18BrClN4O. The number of pyridine rings is 1. The number of aromatic nitrogens is 3. The molecule has 0 aliphatic carbocycles. The van der Waals surface area contributed by atoms with Crippen LogP contribution >= 0.6 is 27.5 Å². The first-order valence-electron chi connectivity index (χ1n) is 6.80. The van der Waals surface area contributed by atoms with Crippen LogP contribution in [0.3, 0.4) is 0 Å². The van der Waals surface area contributed by atoms with Crippen molar-refractivity contribution in [3.63, 3.8) is 0 Å². The van der Waals surface area contributed by atoms with Gasteiger partial charge >= 0.3 is 0 Å². The minimum Gasteiger partial charge on any atom is -0.354 e. The second kappa shape index (κ2) is 6.75. The number of carbonyl (C=O) groups is 1. The summed E-state index contributed by atoms with van der Waals surface area (Å²) in [5, 5.41) is 2.93. The molecule has 114 valence electrons. The van der Waals surface area contributed by atoms with E-state index in [2.05, 4.69) is 45.1 Å². The van der Waals surface area contributed by atoms with Crippen LogP contribution in [-0.4, -0.2) is 27.0 Å². The van der Waals surface area contributed by atoms with Gasteiger partial charge in [-0.25, -0.2) is 9.97 Å². The summed E-state index contributed by atoms with van der Waals surface area (Å²) < 4.78 is 2.64. The Labute approximate surface area is 137 Å². The van der Waals surface area contributed by atoms with Crippen LogP contribution in [0.5, 0.6) is 0 Å². The van der Waals surface area contributed by atoms with E-state index >= 15 is 0 Å². The molecule has 0 bridgehead atoms. The lowest BCUT2D eigenvalue weighted by atomic mass is 10.2. The van der Waals surface area contributed by atoms with Crippen molar-refractivity contribution >= 4 is 44.6 Å². The quantitative estimate of drug-likeness (QED) is 0.818. The summed E-state index contributed by atoms with van der Waals surface area (Å²) in [4.78, 5) is 21.1. The van der Waals surface area contributed by atoms with Gasteiger partial charge in [0.1, 0.15) is 17.4 Å². The zero-order valence-corrected chi connectivity index (χ0v) is 14.6. The number of alkyl halides is 1. The van der Waals surface area contributed by atoms with Gasteiger partial charge in [-0.15, -0.1) is 11.6 Å². The number of rotatable bonds is 5. The molecule has 0 aliphatic rings. The van der Waals surface area contributed by atoms with Crippen LogP contribution in [0.1, 0.15) is 32.6 Å². The maximum absolute atomic E-state index is 12.3. The third kappa shape index (κ3) is 3.55. The Kier molecular flexibility index (Phi) is 5.22. The van der Waals surface area contributed by atoms with Gasteiger partial charge < -0.3 is 5.32 Å². The van der Waals surface area contributed by atoms with Crippen molar-refractivity contribution < 1.29 is 4.79 Å². The van der Waals surface area contributed by atoms with Crippen LogP contribution in [-0.2, 0) is 10.7 Å². The van der Waals surface area contributed by atoms with Crippen molar-refractivity contribution in [3.8, 4) is 0 Å². The molecule has 2 rings (SSSR count). The van der Waals surface area contributed by atoms with Gasteiger partial charge in [0.05, 0.1) is 5.88 Å². The standard InChI is InChI=1S/C14H18BrClN4O/c1-8(2)6-18-14(21)9(3)20-12(5-16)19-11-4-10(15)7-17-13(11)20/h4,7-9H,5-6H2,1-3H3,(H,18,21). The van der Waals surface area contributed by atoms with Crippen LogP contribution in [0.2, 0.25) is 0 Å². The number of nitrogens with one attached hydrogen (secondary N) is 1. The Morgan fingerprint density at radius 1 is 1.48 bits per heavy atom. The SMILES string of the molecule is CC(C)CNC(=O)C(C)n1c(CCl)nc2cc(Br)cnc21. The lowest BCUT2D eigenvalue weighted by Gasteiger charge is -2.17. The normalized spacial score (nSPS) is 12.9. The van der Waals surface area contributed by atoms with Crippen LogP contribution in [0, 0.1) is 5.92 Å². The molecule has 0 saturated heterocycles. The Morgan fingerprint density at radius 3 is 2.81 bits per heavy atom. The molecular weight excluding hydrogens is 356 g/mol. The third-order valence-electron chi connectivity index (χ3n) is 3.14. The number of halogens is 2. The number of amides is 1. The van der Waals surface area contributed by atoms with E-state index in [4.69, 9.17) is 11.6 Å². The highest BCUT2D eigenvalue weighted by atomic mass is 79.9. The van der Waals surface area contributed by atoms with Crippen molar-refractivity contribution in [3.05, 3.63) is 22.6 Å². The molecule has 0 aliphatic heterocycles. The first-order valence-corrected chi connectivity index (χ1v) is 8.12. The molecule has 0 saturated carbocycles. The van der Waals surface area contributed by atoms with Crippen LogP contribution in [0.4, 0.5) is 0 Å². The Balaban J connectivity index is 2.37. The van der Waals surface area contributed by atoms with Gasteiger partial charge in [-0.2, -0.15) is 0 Å². The van der Waals surface area contributed by atoms with Crippen molar-refractivity contribution in [2.24, 2.45) is 5.92 Å². The third-order valence-corrected chi connectivity index (χ3v) is 3.81. The molecule has 5 nitrogen and oxygen atoms in total. The Hall–Kier alpha value is -1.14. The van der Waals surface area contributed by atoms with E-state index in [9.17, 15) is 4.79 Å². The summed E-state index contributed by atoms with van der Waals surface area (Å²) in [5.74, 6) is 1.22. The monoisotopic (exact) mass is 372 g/mol. The molecule has 1 N–H and O–H groups in total. The molecule has 0 fully saturated rings. The highest BCUT2D eigenvalue weighted by Crippen LogP contribution is 2.23. The minimum atomic E-state index is -0.406. The Bertz CT molecular complexity index is 656. The largest absolute Gasteiger partial charge is 0.354 e. The number of carbonyl (C=O) groups excluding carboxylic acids is 1. The second-order valence-electron chi connectivity index (χ2n) is 5.34. The number of nitrogens with zero attached hydrogens (tertiary/aromatic N) is 3. The summed E-state index contributed by atoms with van der Waals surface area (Å²) >= 11 is 9.34.